The number of anilines is 1. The zero-order valence-corrected chi connectivity index (χ0v) is 12.6. The van der Waals surface area contributed by atoms with E-state index < -0.39 is 8.07 Å². The standard InChI is InChI=1S/C15H23NOSi/c1-5-18(3,4)13-9-12-16(14(2)17)15-10-7-6-8-11-15/h5-8,10-11H,1,9,12-13H2,2-4H3. The zero-order valence-electron chi connectivity index (χ0n) is 11.6. The minimum Gasteiger partial charge on any atom is -0.313 e. The van der Waals surface area contributed by atoms with Crippen LogP contribution in [0.5, 0.6) is 0 Å². The zero-order chi connectivity index (χ0) is 13.6. The minimum absolute atomic E-state index is 0.110. The lowest BCUT2D eigenvalue weighted by atomic mass is 10.2. The predicted molar refractivity (Wildman–Crippen MR) is 81.6 cm³/mol. The van der Waals surface area contributed by atoms with Crippen LogP contribution in [0.15, 0.2) is 42.6 Å². The Morgan fingerprint density at radius 3 is 2.44 bits per heavy atom. The molecule has 0 aliphatic heterocycles. The normalized spacial score (nSPS) is 11.1. The topological polar surface area (TPSA) is 20.3 Å². The van der Waals surface area contributed by atoms with Crippen molar-refractivity contribution in [3.8, 4) is 0 Å². The summed E-state index contributed by atoms with van der Waals surface area (Å²) in [5.74, 6) is 0.110. The van der Waals surface area contributed by atoms with Crippen molar-refractivity contribution in [2.45, 2.75) is 32.5 Å². The molecule has 0 aliphatic carbocycles. The Morgan fingerprint density at radius 1 is 1.33 bits per heavy atom. The first-order chi connectivity index (χ1) is 8.46. The fourth-order valence-corrected chi connectivity index (χ4v) is 3.14. The first kappa shape index (κ1) is 14.7. The molecule has 1 rings (SSSR count). The first-order valence-electron chi connectivity index (χ1n) is 6.43. The largest absolute Gasteiger partial charge is 0.313 e. The summed E-state index contributed by atoms with van der Waals surface area (Å²) in [5, 5.41) is 0. The van der Waals surface area contributed by atoms with Crippen molar-refractivity contribution in [3.05, 3.63) is 42.6 Å². The lowest BCUT2D eigenvalue weighted by Gasteiger charge is -2.23. The fraction of sp³-hybridized carbons (Fsp3) is 0.400. The van der Waals surface area contributed by atoms with E-state index in [4.69, 9.17) is 0 Å². The third kappa shape index (κ3) is 4.49. The Morgan fingerprint density at radius 2 is 1.94 bits per heavy atom. The molecule has 2 nitrogen and oxygen atoms in total. The molecule has 1 aromatic rings. The van der Waals surface area contributed by atoms with Gasteiger partial charge in [-0.2, -0.15) is 0 Å². The van der Waals surface area contributed by atoms with Crippen LogP contribution in [-0.4, -0.2) is 20.5 Å². The van der Waals surface area contributed by atoms with E-state index in [9.17, 15) is 4.79 Å². The van der Waals surface area contributed by atoms with Crippen LogP contribution in [0.25, 0.3) is 0 Å². The van der Waals surface area contributed by atoms with Crippen molar-refractivity contribution in [2.24, 2.45) is 0 Å². The summed E-state index contributed by atoms with van der Waals surface area (Å²) in [5.41, 5.74) is 3.11. The van der Waals surface area contributed by atoms with E-state index in [1.807, 2.05) is 35.2 Å². The average molecular weight is 261 g/mol. The van der Waals surface area contributed by atoms with Gasteiger partial charge in [0.1, 0.15) is 0 Å². The molecule has 0 atom stereocenters. The Kier molecular flexibility index (Phi) is 5.35. The van der Waals surface area contributed by atoms with Crippen molar-refractivity contribution in [2.75, 3.05) is 11.4 Å². The second kappa shape index (κ2) is 6.54. The summed E-state index contributed by atoms with van der Waals surface area (Å²) in [6, 6.07) is 11.0. The van der Waals surface area contributed by atoms with Crippen molar-refractivity contribution in [1.29, 1.82) is 0 Å². The SMILES string of the molecule is C=C[Si](C)(C)CCCN(C(C)=O)c1ccccc1. The molecule has 0 aromatic heterocycles. The highest BCUT2D eigenvalue weighted by atomic mass is 28.3. The summed E-state index contributed by atoms with van der Waals surface area (Å²) in [7, 11) is -1.25. The first-order valence-corrected chi connectivity index (χ1v) is 9.71. The van der Waals surface area contributed by atoms with Crippen LogP contribution in [0.2, 0.25) is 19.1 Å². The number of carbonyl (C=O) groups excluding carboxylic acids is 1. The van der Waals surface area contributed by atoms with E-state index >= 15 is 0 Å². The van der Waals surface area contributed by atoms with Gasteiger partial charge in [-0.3, -0.25) is 4.79 Å². The molecule has 3 heteroatoms. The van der Waals surface area contributed by atoms with Crippen LogP contribution < -0.4 is 4.90 Å². The number of nitrogens with zero attached hydrogens (tertiary/aromatic N) is 1. The third-order valence-corrected chi connectivity index (χ3v) is 5.95. The van der Waals surface area contributed by atoms with Crippen molar-refractivity contribution in [3.63, 3.8) is 0 Å². The maximum Gasteiger partial charge on any atom is 0.223 e. The van der Waals surface area contributed by atoms with Gasteiger partial charge in [0.2, 0.25) is 5.91 Å². The van der Waals surface area contributed by atoms with E-state index in [2.05, 4.69) is 25.4 Å². The summed E-state index contributed by atoms with van der Waals surface area (Å²) in [6.07, 6.45) is 1.04. The van der Waals surface area contributed by atoms with Gasteiger partial charge in [0.15, 0.2) is 0 Å². The minimum atomic E-state index is -1.25. The van der Waals surface area contributed by atoms with E-state index in [-0.39, 0.29) is 5.91 Å². The molecular formula is C15H23NOSi. The van der Waals surface area contributed by atoms with Crippen LogP contribution in [0.3, 0.4) is 0 Å². The molecule has 0 heterocycles. The molecule has 0 N–H and O–H groups in total. The van der Waals surface area contributed by atoms with Crippen molar-refractivity contribution in [1.82, 2.24) is 0 Å². The van der Waals surface area contributed by atoms with Crippen LogP contribution in [0.4, 0.5) is 5.69 Å². The second-order valence-corrected chi connectivity index (χ2v) is 10.2. The summed E-state index contributed by atoms with van der Waals surface area (Å²) >= 11 is 0. The molecule has 0 spiro atoms. The average Bonchev–Trinajstić information content (AvgIpc) is 2.35. The Labute approximate surface area is 111 Å². The molecule has 0 bridgehead atoms. The highest BCUT2D eigenvalue weighted by Crippen LogP contribution is 2.17. The molecule has 18 heavy (non-hydrogen) atoms. The molecule has 0 saturated carbocycles. The summed E-state index contributed by atoms with van der Waals surface area (Å²) in [4.78, 5) is 13.5. The van der Waals surface area contributed by atoms with Crippen LogP contribution >= 0.6 is 0 Å². The third-order valence-electron chi connectivity index (χ3n) is 3.20. The van der Waals surface area contributed by atoms with Gasteiger partial charge in [0, 0.05) is 19.2 Å². The van der Waals surface area contributed by atoms with Crippen molar-refractivity contribution >= 4 is 19.7 Å². The van der Waals surface area contributed by atoms with Gasteiger partial charge in [-0.25, -0.2) is 0 Å². The van der Waals surface area contributed by atoms with E-state index in [0.29, 0.717) is 0 Å². The van der Waals surface area contributed by atoms with Crippen molar-refractivity contribution < 1.29 is 4.79 Å². The van der Waals surface area contributed by atoms with Gasteiger partial charge in [-0.1, -0.05) is 37.3 Å². The van der Waals surface area contributed by atoms with Crippen LogP contribution in [-0.2, 0) is 4.79 Å². The number of hydrogen-bond donors (Lipinski definition) is 0. The van der Waals surface area contributed by atoms with E-state index in [1.54, 1.807) is 6.92 Å². The van der Waals surface area contributed by atoms with Gasteiger partial charge < -0.3 is 4.90 Å². The van der Waals surface area contributed by atoms with Gasteiger partial charge in [-0.15, -0.1) is 12.3 Å². The molecule has 0 aliphatic rings. The lowest BCUT2D eigenvalue weighted by molar-refractivity contribution is -0.116. The smallest absolute Gasteiger partial charge is 0.223 e. The Balaban J connectivity index is 2.61. The van der Waals surface area contributed by atoms with Gasteiger partial charge in [0.05, 0.1) is 8.07 Å². The van der Waals surface area contributed by atoms with Gasteiger partial charge in [0.25, 0.3) is 0 Å². The second-order valence-electron chi connectivity index (χ2n) is 5.30. The number of para-hydroxylation sites is 1. The highest BCUT2D eigenvalue weighted by Gasteiger charge is 2.17. The number of benzene rings is 1. The van der Waals surface area contributed by atoms with Crippen LogP contribution in [0, 0.1) is 0 Å². The summed E-state index contributed by atoms with van der Waals surface area (Å²) in [6.45, 7) is 10.9. The summed E-state index contributed by atoms with van der Waals surface area (Å²) < 4.78 is 0. The number of hydrogen-bond acceptors (Lipinski definition) is 1. The quantitative estimate of drug-likeness (QED) is 0.712. The molecule has 1 amide bonds. The molecule has 0 radical (unpaired) electrons. The van der Waals surface area contributed by atoms with E-state index in [1.165, 1.54) is 6.04 Å². The molecule has 1 aromatic carbocycles. The number of carbonyl (C=O) groups is 1. The molecule has 0 unspecified atom stereocenters. The Hall–Kier alpha value is -1.35. The fourth-order valence-electron chi connectivity index (χ4n) is 1.87. The van der Waals surface area contributed by atoms with Gasteiger partial charge >= 0.3 is 0 Å². The maximum atomic E-state index is 11.7. The maximum absolute atomic E-state index is 11.7. The monoisotopic (exact) mass is 261 g/mol. The predicted octanol–water partition coefficient (Wildman–Crippen LogP) is 3.86. The highest BCUT2D eigenvalue weighted by molar-refractivity contribution is 6.82. The van der Waals surface area contributed by atoms with E-state index in [0.717, 1.165) is 18.7 Å². The lowest BCUT2D eigenvalue weighted by Crippen LogP contribution is -2.31. The molecule has 0 fully saturated rings. The van der Waals surface area contributed by atoms with Gasteiger partial charge in [-0.05, 0) is 18.6 Å². The molecule has 0 saturated heterocycles. The molecule has 98 valence electrons. The molecular weight excluding hydrogens is 238 g/mol. The van der Waals surface area contributed by atoms with Crippen LogP contribution in [0.1, 0.15) is 13.3 Å². The Bertz CT molecular complexity index is 400. The number of amides is 1. The number of rotatable bonds is 6.